The molecule has 0 saturated carbocycles. The number of aryl methyl sites for hydroxylation is 1. The van der Waals surface area contributed by atoms with Gasteiger partial charge in [-0.05, 0) is 23.8 Å². The molecule has 0 radical (unpaired) electrons. The zero-order chi connectivity index (χ0) is 15.0. The van der Waals surface area contributed by atoms with Crippen molar-refractivity contribution in [1.29, 1.82) is 0 Å². The van der Waals surface area contributed by atoms with Crippen molar-refractivity contribution in [3.8, 4) is 28.5 Å². The average molecular weight is 303 g/mol. The summed E-state index contributed by atoms with van der Waals surface area (Å²) in [5, 5.41) is 14.6. The molecular weight excluding hydrogens is 292 g/mol. The highest BCUT2D eigenvalue weighted by molar-refractivity contribution is 6.30. The summed E-state index contributed by atoms with van der Waals surface area (Å²) in [4.78, 5) is 18.9. The number of H-pyrrole nitrogens is 1. The van der Waals surface area contributed by atoms with Gasteiger partial charge in [-0.25, -0.2) is 0 Å². The summed E-state index contributed by atoms with van der Waals surface area (Å²) in [5.41, 5.74) is 0.745. The minimum absolute atomic E-state index is 0.0865. The molecule has 2 N–H and O–H groups in total. The van der Waals surface area contributed by atoms with Crippen LogP contribution in [0.4, 0.5) is 0 Å². The van der Waals surface area contributed by atoms with E-state index in [0.29, 0.717) is 16.3 Å². The number of hydrogen-bond donors (Lipinski definition) is 2. The second kappa shape index (κ2) is 5.06. The van der Waals surface area contributed by atoms with Crippen LogP contribution in [-0.4, -0.2) is 24.9 Å². The molecule has 21 heavy (non-hydrogen) atoms. The molecule has 3 rings (SSSR count). The quantitative estimate of drug-likeness (QED) is 0.760. The standard InChI is InChI=1S/C14H11ClN4O2/c1-19-10(5-6-16-19)12-17-13(20)11(14(21)18-12)8-3-2-4-9(15)7-8/h2-7H,1H3,(H2,17,18,20,21). The number of aromatic amines is 1. The minimum Gasteiger partial charge on any atom is -0.493 e. The first-order valence-corrected chi connectivity index (χ1v) is 6.51. The van der Waals surface area contributed by atoms with E-state index >= 15 is 0 Å². The first kappa shape index (κ1) is 13.4. The lowest BCUT2D eigenvalue weighted by Gasteiger charge is -2.06. The highest BCUT2D eigenvalue weighted by Gasteiger charge is 2.15. The van der Waals surface area contributed by atoms with Crippen molar-refractivity contribution < 1.29 is 5.11 Å². The number of hydrogen-bond acceptors (Lipinski definition) is 4. The van der Waals surface area contributed by atoms with Crippen molar-refractivity contribution in [3.05, 3.63) is 51.9 Å². The predicted octanol–water partition coefficient (Wildman–Crippen LogP) is 2.20. The van der Waals surface area contributed by atoms with E-state index in [1.807, 2.05) is 0 Å². The lowest BCUT2D eigenvalue weighted by atomic mass is 10.1. The van der Waals surface area contributed by atoms with Crippen molar-refractivity contribution in [2.45, 2.75) is 0 Å². The maximum Gasteiger partial charge on any atom is 0.262 e. The predicted molar refractivity (Wildman–Crippen MR) is 79.2 cm³/mol. The van der Waals surface area contributed by atoms with Gasteiger partial charge in [0, 0.05) is 18.3 Å². The lowest BCUT2D eigenvalue weighted by Crippen LogP contribution is -2.13. The Morgan fingerprint density at radius 1 is 1.33 bits per heavy atom. The van der Waals surface area contributed by atoms with Gasteiger partial charge in [0.25, 0.3) is 5.56 Å². The molecule has 2 heterocycles. The number of nitrogens with one attached hydrogen (secondary N) is 1. The first-order valence-electron chi connectivity index (χ1n) is 6.14. The zero-order valence-corrected chi connectivity index (χ0v) is 11.8. The summed E-state index contributed by atoms with van der Waals surface area (Å²) in [5.74, 6) is -0.0968. The van der Waals surface area contributed by atoms with Crippen LogP contribution >= 0.6 is 11.6 Å². The maximum absolute atomic E-state index is 12.3. The van der Waals surface area contributed by atoms with Crippen LogP contribution in [0.15, 0.2) is 41.3 Å². The molecule has 0 fully saturated rings. The third-order valence-electron chi connectivity index (χ3n) is 3.08. The van der Waals surface area contributed by atoms with Gasteiger partial charge in [0.15, 0.2) is 5.82 Å². The third kappa shape index (κ3) is 2.41. The topological polar surface area (TPSA) is 83.8 Å². The van der Waals surface area contributed by atoms with Gasteiger partial charge in [-0.3, -0.25) is 9.48 Å². The Bertz CT molecular complexity index is 869. The molecule has 6 nitrogen and oxygen atoms in total. The fourth-order valence-electron chi connectivity index (χ4n) is 2.09. The smallest absolute Gasteiger partial charge is 0.262 e. The average Bonchev–Trinajstić information content (AvgIpc) is 2.84. The maximum atomic E-state index is 12.3. The zero-order valence-electron chi connectivity index (χ0n) is 11.0. The molecule has 7 heteroatoms. The van der Waals surface area contributed by atoms with Gasteiger partial charge in [-0.15, -0.1) is 0 Å². The number of rotatable bonds is 2. The summed E-state index contributed by atoms with van der Waals surface area (Å²) >= 11 is 5.91. The van der Waals surface area contributed by atoms with Crippen LogP contribution < -0.4 is 5.56 Å². The fourth-order valence-corrected chi connectivity index (χ4v) is 2.28. The van der Waals surface area contributed by atoms with Crippen LogP contribution in [0.2, 0.25) is 5.02 Å². The Balaban J connectivity index is 2.18. The first-order chi connectivity index (χ1) is 10.1. The normalized spacial score (nSPS) is 10.8. The Labute approximate surface area is 124 Å². The van der Waals surface area contributed by atoms with Crippen LogP contribution in [0.5, 0.6) is 5.88 Å². The van der Waals surface area contributed by atoms with E-state index in [4.69, 9.17) is 11.6 Å². The molecule has 0 aliphatic carbocycles. The molecule has 1 aromatic carbocycles. The molecule has 0 saturated heterocycles. The van der Waals surface area contributed by atoms with Gasteiger partial charge in [0.1, 0.15) is 11.3 Å². The summed E-state index contributed by atoms with van der Waals surface area (Å²) in [7, 11) is 1.72. The van der Waals surface area contributed by atoms with Crippen LogP contribution in [-0.2, 0) is 7.05 Å². The van der Waals surface area contributed by atoms with Gasteiger partial charge >= 0.3 is 0 Å². The van der Waals surface area contributed by atoms with Crippen molar-refractivity contribution in [2.24, 2.45) is 7.05 Å². The van der Waals surface area contributed by atoms with E-state index in [-0.39, 0.29) is 17.3 Å². The molecule has 0 aliphatic heterocycles. The molecule has 0 spiro atoms. The van der Waals surface area contributed by atoms with Gasteiger partial charge < -0.3 is 10.1 Å². The van der Waals surface area contributed by atoms with Crippen molar-refractivity contribution in [1.82, 2.24) is 19.7 Å². The monoisotopic (exact) mass is 302 g/mol. The summed E-state index contributed by atoms with van der Waals surface area (Å²) in [6, 6.07) is 8.36. The van der Waals surface area contributed by atoms with Gasteiger partial charge in [-0.1, -0.05) is 23.7 Å². The lowest BCUT2D eigenvalue weighted by molar-refractivity contribution is 0.454. The van der Waals surface area contributed by atoms with Gasteiger partial charge in [0.05, 0.1) is 0 Å². The van der Waals surface area contributed by atoms with E-state index in [0.717, 1.165) is 0 Å². The van der Waals surface area contributed by atoms with Crippen molar-refractivity contribution in [3.63, 3.8) is 0 Å². The molecule has 106 valence electrons. The molecule has 0 amide bonds. The van der Waals surface area contributed by atoms with Crippen LogP contribution in [0.25, 0.3) is 22.6 Å². The molecule has 2 aromatic heterocycles. The second-order valence-electron chi connectivity index (χ2n) is 4.46. The SMILES string of the molecule is Cn1nccc1-c1nc(O)c(-c2cccc(Cl)c2)c(=O)[nH]1. The van der Waals surface area contributed by atoms with Crippen LogP contribution in [0.1, 0.15) is 0 Å². The van der Waals surface area contributed by atoms with Crippen LogP contribution in [0.3, 0.4) is 0 Å². The molecule has 0 aliphatic rings. The van der Waals surface area contributed by atoms with Gasteiger partial charge in [-0.2, -0.15) is 10.1 Å². The summed E-state index contributed by atoms with van der Waals surface area (Å²) in [6.07, 6.45) is 1.58. The number of nitrogens with zero attached hydrogens (tertiary/aromatic N) is 3. The molecule has 0 atom stereocenters. The summed E-state index contributed by atoms with van der Waals surface area (Å²) < 4.78 is 1.55. The fraction of sp³-hybridized carbons (Fsp3) is 0.0714. The number of halogens is 1. The Morgan fingerprint density at radius 3 is 2.76 bits per heavy atom. The number of benzene rings is 1. The number of aromatic nitrogens is 4. The van der Waals surface area contributed by atoms with Crippen LogP contribution in [0, 0.1) is 0 Å². The molecule has 0 unspecified atom stereocenters. The van der Waals surface area contributed by atoms with E-state index in [1.165, 1.54) is 0 Å². The van der Waals surface area contributed by atoms with Crippen molar-refractivity contribution >= 4 is 11.6 Å². The highest BCUT2D eigenvalue weighted by atomic mass is 35.5. The number of aromatic hydroxyl groups is 1. The van der Waals surface area contributed by atoms with Crippen molar-refractivity contribution in [2.75, 3.05) is 0 Å². The highest BCUT2D eigenvalue weighted by Crippen LogP contribution is 2.27. The van der Waals surface area contributed by atoms with Gasteiger partial charge in [0.2, 0.25) is 5.88 Å². The minimum atomic E-state index is -0.444. The Kier molecular flexibility index (Phi) is 3.23. The third-order valence-corrected chi connectivity index (χ3v) is 3.31. The van der Waals surface area contributed by atoms with E-state index in [1.54, 1.807) is 48.3 Å². The molecule has 3 aromatic rings. The van der Waals surface area contributed by atoms with E-state index < -0.39 is 5.56 Å². The largest absolute Gasteiger partial charge is 0.493 e. The second-order valence-corrected chi connectivity index (χ2v) is 4.90. The summed E-state index contributed by atoms with van der Waals surface area (Å²) in [6.45, 7) is 0. The van der Waals surface area contributed by atoms with E-state index in [2.05, 4.69) is 15.1 Å². The molecule has 0 bridgehead atoms. The molecular formula is C14H11ClN4O2. The van der Waals surface area contributed by atoms with E-state index in [9.17, 15) is 9.90 Å². The Morgan fingerprint density at radius 2 is 2.14 bits per heavy atom. The Hall–Kier alpha value is -2.60.